The Morgan fingerprint density at radius 2 is 1.33 bits per heavy atom. The van der Waals surface area contributed by atoms with Crippen molar-refractivity contribution < 1.29 is 35.9 Å². The molecule has 6 rings (SSSR count). The van der Waals surface area contributed by atoms with E-state index in [1.54, 1.807) is 36.4 Å². The predicted molar refractivity (Wildman–Crippen MR) is 211 cm³/mol. The first-order chi connectivity index (χ1) is 26.0. The van der Waals surface area contributed by atoms with Crippen LogP contribution in [0.2, 0.25) is 5.02 Å². The van der Waals surface area contributed by atoms with Crippen molar-refractivity contribution in [1.82, 2.24) is 9.80 Å². The molecule has 0 saturated carbocycles. The highest BCUT2D eigenvalue weighted by molar-refractivity contribution is 7.89. The highest BCUT2D eigenvalue weighted by Crippen LogP contribution is 2.29. The molecule has 2 fully saturated rings. The molecular weight excluding hydrogens is 768 g/mol. The summed E-state index contributed by atoms with van der Waals surface area (Å²) in [4.78, 5) is 28.7. The number of carbonyl (C=O) groups is 2. The number of likely N-dealkylation sites (N-methyl/N-ethyl adjacent to an activating group) is 2. The Kier molecular flexibility index (Phi) is 13.9. The molecule has 17 heteroatoms. The molecule has 2 aliphatic heterocycles. The summed E-state index contributed by atoms with van der Waals surface area (Å²) < 4.78 is 58.6. The fraction of sp³-hybridized carbons (Fsp3) is 0.316. The molecule has 0 aliphatic carbocycles. The number of nitrogens with two attached hydrogens (primary N) is 2. The summed E-state index contributed by atoms with van der Waals surface area (Å²) in [6.45, 7) is 3.54. The number of anilines is 2. The van der Waals surface area contributed by atoms with Crippen molar-refractivity contribution in [2.75, 3.05) is 50.9 Å². The molecule has 55 heavy (non-hydrogen) atoms. The van der Waals surface area contributed by atoms with E-state index in [2.05, 4.69) is 27.5 Å². The summed E-state index contributed by atoms with van der Waals surface area (Å²) >= 11 is 6.07. The molecule has 4 aromatic carbocycles. The first-order valence-corrected chi connectivity index (χ1v) is 20.9. The van der Waals surface area contributed by atoms with Crippen molar-refractivity contribution in [3.63, 3.8) is 0 Å². The van der Waals surface area contributed by atoms with Crippen molar-refractivity contribution in [1.29, 1.82) is 0 Å². The van der Waals surface area contributed by atoms with E-state index < -0.39 is 20.0 Å². The van der Waals surface area contributed by atoms with Crippen LogP contribution >= 0.6 is 11.6 Å². The zero-order valence-corrected chi connectivity index (χ0v) is 32.9. The van der Waals surface area contributed by atoms with Gasteiger partial charge in [-0.3, -0.25) is 9.59 Å². The smallest absolute Gasteiger partial charge is 0.241 e. The molecule has 2 heterocycles. The molecule has 14 nitrogen and oxygen atoms in total. The van der Waals surface area contributed by atoms with Crippen LogP contribution in [0.15, 0.2) is 101 Å². The van der Waals surface area contributed by atoms with Gasteiger partial charge < -0.3 is 29.9 Å². The highest BCUT2D eigenvalue weighted by Gasteiger charge is 2.25. The van der Waals surface area contributed by atoms with E-state index in [1.165, 1.54) is 30.3 Å². The van der Waals surface area contributed by atoms with Crippen molar-refractivity contribution >= 4 is 54.8 Å². The number of rotatable bonds is 12. The molecule has 0 aromatic heterocycles. The molecule has 0 bridgehead atoms. The number of halogens is 1. The maximum Gasteiger partial charge on any atom is 0.241 e. The van der Waals surface area contributed by atoms with Crippen molar-refractivity contribution in [2.24, 2.45) is 10.3 Å². The summed E-state index contributed by atoms with van der Waals surface area (Å²) in [6.07, 6.45) is 2.15. The van der Waals surface area contributed by atoms with Gasteiger partial charge in [-0.25, -0.2) is 27.1 Å². The summed E-state index contributed by atoms with van der Waals surface area (Å²) in [6, 6.07) is 24.8. The summed E-state index contributed by atoms with van der Waals surface area (Å²) in [7, 11) is -3.78. The lowest BCUT2D eigenvalue weighted by atomic mass is 10.1. The van der Waals surface area contributed by atoms with Gasteiger partial charge in [0.2, 0.25) is 31.9 Å². The van der Waals surface area contributed by atoms with E-state index in [4.69, 9.17) is 31.4 Å². The molecule has 2 unspecified atom stereocenters. The number of carbonyl (C=O) groups excluding carboxylic acids is 2. The first kappa shape index (κ1) is 41.6. The van der Waals surface area contributed by atoms with Gasteiger partial charge in [-0.15, -0.1) is 0 Å². The van der Waals surface area contributed by atoms with Crippen molar-refractivity contribution in [3.8, 4) is 11.5 Å². The Hall–Kier alpha value is -4.55. The number of hydrogen-bond acceptors (Lipinski definition) is 10. The number of nitrogens with one attached hydrogen (secondary N) is 2. The minimum Gasteiger partial charge on any atom is -0.489 e. The van der Waals surface area contributed by atoms with Crippen molar-refractivity contribution in [2.45, 2.75) is 47.7 Å². The van der Waals surface area contributed by atoms with Gasteiger partial charge in [-0.1, -0.05) is 48.0 Å². The highest BCUT2D eigenvalue weighted by atomic mass is 35.5. The van der Waals surface area contributed by atoms with E-state index in [0.717, 1.165) is 43.8 Å². The monoisotopic (exact) mass is 812 g/mol. The van der Waals surface area contributed by atoms with Gasteiger partial charge in [0.25, 0.3) is 0 Å². The Morgan fingerprint density at radius 3 is 1.91 bits per heavy atom. The van der Waals surface area contributed by atoms with E-state index in [0.29, 0.717) is 28.5 Å². The Labute approximate surface area is 326 Å². The number of ether oxygens (including phenoxy) is 2. The average Bonchev–Trinajstić information content (AvgIpc) is 3.73. The van der Waals surface area contributed by atoms with E-state index >= 15 is 0 Å². The predicted octanol–water partition coefficient (Wildman–Crippen LogP) is 3.85. The second-order valence-corrected chi connectivity index (χ2v) is 17.0. The lowest BCUT2D eigenvalue weighted by molar-refractivity contribution is -0.116. The lowest BCUT2D eigenvalue weighted by Crippen LogP contribution is -2.23. The molecule has 0 radical (unpaired) electrons. The molecule has 4 aromatic rings. The zero-order valence-electron chi connectivity index (χ0n) is 30.5. The lowest BCUT2D eigenvalue weighted by Gasteiger charge is -2.17. The number of likely N-dealkylation sites (tertiary alicyclic amines) is 2. The minimum atomic E-state index is -4.02. The van der Waals surface area contributed by atoms with E-state index in [1.807, 2.05) is 31.3 Å². The van der Waals surface area contributed by atoms with Crippen molar-refractivity contribution in [3.05, 3.63) is 107 Å². The first-order valence-electron chi connectivity index (χ1n) is 17.4. The van der Waals surface area contributed by atoms with Gasteiger partial charge in [-0.2, -0.15) is 0 Å². The van der Waals surface area contributed by atoms with Gasteiger partial charge in [0.05, 0.1) is 17.7 Å². The van der Waals surface area contributed by atoms with E-state index in [9.17, 15) is 26.4 Å². The molecular formula is C38H45ClN6O8S2. The Bertz CT molecular complexity index is 2210. The normalized spacial score (nSPS) is 17.5. The topological polar surface area (TPSA) is 203 Å². The number of benzene rings is 4. The number of sulfonamides is 2. The molecule has 2 saturated heterocycles. The summed E-state index contributed by atoms with van der Waals surface area (Å²) in [5.74, 6) is 0.416. The van der Waals surface area contributed by atoms with Crippen LogP contribution in [0.1, 0.15) is 24.0 Å². The van der Waals surface area contributed by atoms with E-state index in [-0.39, 0.29) is 52.4 Å². The summed E-state index contributed by atoms with van der Waals surface area (Å²) in [5.41, 5.74) is 2.22. The average molecular weight is 813 g/mol. The van der Waals surface area contributed by atoms with Crippen LogP contribution < -0.4 is 30.4 Å². The molecule has 294 valence electrons. The molecule has 0 spiro atoms. The SMILES string of the molecule is CN1CCC(Oc2ccc(CC(=O)Nc3cccc(S(N)(=O)=O)c3)cc2)C1.CN1CCC(Oc2ccc(NC(=O)Cc3ccccc3Cl)cc2S(N)(=O)=O)C1. The number of amides is 2. The maximum atomic E-state index is 12.3. The quantitative estimate of drug-likeness (QED) is 0.163. The van der Waals surface area contributed by atoms with Gasteiger partial charge in [0, 0.05) is 42.6 Å². The largest absolute Gasteiger partial charge is 0.489 e. The minimum absolute atomic E-state index is 0.0423. The zero-order chi connectivity index (χ0) is 39.8. The van der Waals surface area contributed by atoms with Crippen LogP contribution in [0.4, 0.5) is 11.4 Å². The fourth-order valence-electron chi connectivity index (χ4n) is 6.11. The third-order valence-electron chi connectivity index (χ3n) is 8.87. The second-order valence-electron chi connectivity index (χ2n) is 13.5. The third kappa shape index (κ3) is 12.7. The summed E-state index contributed by atoms with van der Waals surface area (Å²) in [5, 5.41) is 16.3. The molecule has 6 N–H and O–H groups in total. The molecule has 2 aliphatic rings. The number of hydrogen-bond donors (Lipinski definition) is 4. The molecule has 2 atom stereocenters. The molecule has 2 amide bonds. The standard InChI is InChI=1S/C19H22ClN3O4S.C19H23N3O4S/c1-23-9-8-15(12-23)27-17-7-6-14(11-18(17)28(21,25)26)22-19(24)10-13-4-2-3-5-16(13)20;1-22-10-9-17(13-22)26-16-7-5-14(6-8-16)11-19(23)21-15-3-2-4-18(12-15)27(20,24)25/h2-7,11,15H,8-10,12H2,1H3,(H,22,24)(H2,21,25,26);2-8,12,17H,9-11,13H2,1H3,(H,21,23)(H2,20,24,25). The van der Waals surface area contributed by atoms with Gasteiger partial charge in [0.1, 0.15) is 28.6 Å². The van der Waals surface area contributed by atoms with Crippen LogP contribution in [0, 0.1) is 0 Å². The van der Waals surface area contributed by atoms with Gasteiger partial charge in [0.15, 0.2) is 0 Å². The third-order valence-corrected chi connectivity index (χ3v) is 11.1. The van der Waals surface area contributed by atoms with Crippen LogP contribution in [0.25, 0.3) is 0 Å². The van der Waals surface area contributed by atoms with Gasteiger partial charge in [-0.05, 0) is 92.7 Å². The van der Waals surface area contributed by atoms with Crippen LogP contribution in [-0.2, 0) is 42.5 Å². The van der Waals surface area contributed by atoms with Crippen LogP contribution in [-0.4, -0.2) is 90.9 Å². The Balaban J connectivity index is 0.000000211. The van der Waals surface area contributed by atoms with Crippen LogP contribution in [0.3, 0.4) is 0 Å². The number of primary sulfonamides is 2. The fourth-order valence-corrected chi connectivity index (χ4v) is 7.56. The second kappa shape index (κ2) is 18.4. The van der Waals surface area contributed by atoms with Gasteiger partial charge >= 0.3 is 0 Å². The van der Waals surface area contributed by atoms with Crippen LogP contribution in [0.5, 0.6) is 11.5 Å². The Morgan fingerprint density at radius 1 is 0.727 bits per heavy atom. The maximum absolute atomic E-state index is 12.3. The number of nitrogens with zero attached hydrogens (tertiary/aromatic N) is 2.